The monoisotopic (exact) mass is 1350 g/mol. The summed E-state index contributed by atoms with van der Waals surface area (Å²) in [6.07, 6.45) is 2.29. The molecule has 12 rings (SSSR count). The summed E-state index contributed by atoms with van der Waals surface area (Å²) in [5.74, 6) is -8.04. The van der Waals surface area contributed by atoms with Gasteiger partial charge in [0.1, 0.15) is 82.3 Å². The molecule has 8 N–H and O–H groups in total. The molecule has 0 aliphatic carbocycles. The maximum absolute atomic E-state index is 14.3. The van der Waals surface area contributed by atoms with E-state index in [4.69, 9.17) is 39.9 Å². The smallest absolute Gasteiger partial charge is 0.357 e. The zero-order valence-corrected chi connectivity index (χ0v) is 51.3. The van der Waals surface area contributed by atoms with Gasteiger partial charge in [-0.05, 0) is 160 Å². The number of carbonyl (C=O) groups is 4. The summed E-state index contributed by atoms with van der Waals surface area (Å²) in [4.78, 5) is 63.4. The average molecular weight is 1360 g/mol. The van der Waals surface area contributed by atoms with E-state index in [1.54, 1.807) is 13.8 Å². The maximum Gasteiger partial charge on any atom is 0.357 e. The van der Waals surface area contributed by atoms with Crippen LogP contribution in [-0.4, -0.2) is 128 Å². The number of aromatic nitrogens is 4. The van der Waals surface area contributed by atoms with E-state index in [1.165, 1.54) is 48.5 Å². The van der Waals surface area contributed by atoms with Crippen LogP contribution in [0.5, 0.6) is 23.5 Å². The van der Waals surface area contributed by atoms with Crippen molar-refractivity contribution in [1.82, 2.24) is 19.9 Å². The van der Waals surface area contributed by atoms with Crippen LogP contribution >= 0.6 is 0 Å². The minimum atomic E-state index is -0.786. The molecule has 0 bridgehead atoms. The number of ether oxygens (including phenoxy) is 6. The molecule has 0 fully saturated rings. The third-order valence-electron chi connectivity index (χ3n) is 15.5. The molecule has 0 saturated carbocycles. The first-order valence-corrected chi connectivity index (χ1v) is 30.1. The zero-order chi connectivity index (χ0) is 69.1. The molecule has 0 saturated heterocycles. The van der Waals surface area contributed by atoms with Crippen molar-refractivity contribution in [3.05, 3.63) is 189 Å². The number of hydrogen-bond donors (Lipinski definition) is 6. The van der Waals surface area contributed by atoms with Gasteiger partial charge in [-0.1, -0.05) is 7.43 Å². The summed E-state index contributed by atoms with van der Waals surface area (Å²) < 4.78 is 142. The Morgan fingerprint density at radius 2 is 0.619 bits per heavy atom. The second kappa shape index (κ2) is 32.5. The number of nitrogens with two attached hydrogens (primary N) is 2. The number of pyridine rings is 4. The number of primary amides is 2. The number of aliphatic hydroxyl groups is 4. The van der Waals surface area contributed by atoms with Crippen molar-refractivity contribution in [3.8, 4) is 68.0 Å². The van der Waals surface area contributed by atoms with Crippen molar-refractivity contribution in [2.24, 2.45) is 11.5 Å². The van der Waals surface area contributed by atoms with Gasteiger partial charge in [0.05, 0.1) is 39.6 Å². The fourth-order valence-corrected chi connectivity index (χ4v) is 10.8. The molecule has 20 nitrogen and oxygen atoms in total. The van der Waals surface area contributed by atoms with E-state index in [0.29, 0.717) is 95.9 Å². The summed E-state index contributed by atoms with van der Waals surface area (Å²) >= 11 is 0. The van der Waals surface area contributed by atoms with Crippen molar-refractivity contribution in [3.63, 3.8) is 0 Å². The highest BCUT2D eigenvalue weighted by Gasteiger charge is 2.32. The van der Waals surface area contributed by atoms with Gasteiger partial charge in [-0.3, -0.25) is 9.59 Å². The quantitative estimate of drug-likeness (QED) is 0.0435. The van der Waals surface area contributed by atoms with Crippen molar-refractivity contribution < 1.29 is 103 Å². The summed E-state index contributed by atoms with van der Waals surface area (Å²) in [6, 6.07) is 18.5. The number of benzene rings is 4. The number of hydrogen-bond acceptors (Lipinski definition) is 18. The van der Waals surface area contributed by atoms with Gasteiger partial charge in [0, 0.05) is 68.8 Å². The second-order valence-electron chi connectivity index (χ2n) is 21.9. The standard InChI is InChI=1S/2C18H17F2NO4.2C16H14F2N2O3.CH4/c2*1-2-24-18(23)16-8-14(12-5-3-10(19)7-15(12)20)13-6-4-11(9-22)25-17(13)21-16;2*17-8-1-3-10(13(18)5-8)12-6-14(15(19)22)20-16-11(12)4-2-9(7-21)23-16;/h2*3,5,7-8,11,22H,2,4,6,9H2,1H3;2*1,3,5-6,9,21H,2,4,7H2,(H2,19,22);1H4/t2*11-;2*9-;/m1010./s1. The Labute approximate surface area is 549 Å². The molecular formula is C69H66F8N6O14. The van der Waals surface area contributed by atoms with E-state index in [9.17, 15) is 74.7 Å². The molecule has 0 radical (unpaired) electrons. The van der Waals surface area contributed by atoms with Crippen LogP contribution < -0.4 is 30.4 Å². The molecule has 4 aliphatic rings. The van der Waals surface area contributed by atoms with E-state index >= 15 is 0 Å². The average Bonchev–Trinajstić information content (AvgIpc) is 0.806. The summed E-state index contributed by atoms with van der Waals surface area (Å²) in [7, 11) is 0. The normalized spacial score (nSPS) is 16.1. The van der Waals surface area contributed by atoms with Gasteiger partial charge in [0.15, 0.2) is 11.4 Å². The fourth-order valence-electron chi connectivity index (χ4n) is 10.8. The predicted molar refractivity (Wildman–Crippen MR) is 333 cm³/mol. The van der Waals surface area contributed by atoms with Crippen LogP contribution in [0.3, 0.4) is 0 Å². The number of aliphatic hydroxyl groups excluding tert-OH is 4. The second-order valence-corrected chi connectivity index (χ2v) is 21.9. The molecule has 0 spiro atoms. The molecule has 97 heavy (non-hydrogen) atoms. The van der Waals surface area contributed by atoms with Crippen LogP contribution in [0.1, 0.15) is 111 Å². The summed E-state index contributed by atoms with van der Waals surface area (Å²) in [5, 5.41) is 37.0. The Morgan fingerprint density at radius 1 is 0.392 bits per heavy atom. The molecule has 8 heterocycles. The van der Waals surface area contributed by atoms with Gasteiger partial charge in [-0.25, -0.2) is 64.6 Å². The number of esters is 2. The minimum Gasteiger partial charge on any atom is -0.472 e. The molecule has 4 aromatic carbocycles. The third kappa shape index (κ3) is 17.1. The predicted octanol–water partition coefficient (Wildman–Crippen LogP) is 10.0. The van der Waals surface area contributed by atoms with Crippen molar-refractivity contribution in [2.75, 3.05) is 39.6 Å². The van der Waals surface area contributed by atoms with Gasteiger partial charge in [-0.15, -0.1) is 0 Å². The van der Waals surface area contributed by atoms with Gasteiger partial charge in [0.25, 0.3) is 11.8 Å². The maximum atomic E-state index is 14.3. The van der Waals surface area contributed by atoms with Crippen LogP contribution in [0.25, 0.3) is 44.5 Å². The molecule has 4 aromatic heterocycles. The van der Waals surface area contributed by atoms with Crippen molar-refractivity contribution >= 4 is 23.8 Å². The van der Waals surface area contributed by atoms with E-state index in [1.807, 2.05) is 0 Å². The van der Waals surface area contributed by atoms with Crippen LogP contribution in [0.15, 0.2) is 97.1 Å². The largest absolute Gasteiger partial charge is 0.472 e. The molecule has 4 aliphatic heterocycles. The Kier molecular flexibility index (Phi) is 24.4. The van der Waals surface area contributed by atoms with Gasteiger partial charge in [0.2, 0.25) is 23.5 Å². The fraction of sp³-hybridized carbons (Fsp3) is 0.304. The molecule has 28 heteroatoms. The van der Waals surface area contributed by atoms with E-state index in [-0.39, 0.29) is 116 Å². The Balaban J connectivity index is 0.000000165. The van der Waals surface area contributed by atoms with Crippen LogP contribution in [0.2, 0.25) is 0 Å². The lowest BCUT2D eigenvalue weighted by Crippen LogP contribution is -2.28. The Hall–Kier alpha value is -10.2. The van der Waals surface area contributed by atoms with Crippen LogP contribution in [-0.2, 0) is 35.2 Å². The van der Waals surface area contributed by atoms with Crippen molar-refractivity contribution in [2.45, 2.75) is 97.1 Å². The SMILES string of the molecule is C.CCOC(=O)c1cc(-c2ccc(F)cc2F)c2c(n1)O[C@@H](CO)CC2.CCOC(=O)c1cc(-c2ccc(F)cc2F)c2c(n1)O[C@H](CO)CC2.NC(=O)c1cc(-c2ccc(F)cc2F)c2c(n1)O[C@@H](CO)CC2.NC(=O)c1cc(-c2ccc(F)cc2F)c2c(n1)O[C@H](CO)CC2. The van der Waals surface area contributed by atoms with Crippen LogP contribution in [0, 0.1) is 46.5 Å². The lowest BCUT2D eigenvalue weighted by atomic mass is 9.94. The Morgan fingerprint density at radius 3 is 0.825 bits per heavy atom. The summed E-state index contributed by atoms with van der Waals surface area (Å²) in [6.45, 7) is 2.89. The zero-order valence-electron chi connectivity index (χ0n) is 51.3. The number of nitrogens with zero attached hydrogens (tertiary/aromatic N) is 4. The Bertz CT molecular complexity index is 3980. The molecule has 0 unspecified atom stereocenters. The van der Waals surface area contributed by atoms with Gasteiger partial charge in [-0.2, -0.15) is 0 Å². The molecular weight excluding hydrogens is 1290 g/mol. The first-order valence-electron chi connectivity index (χ1n) is 30.1. The summed E-state index contributed by atoms with van der Waals surface area (Å²) in [5.41, 5.74) is 14.9. The first-order chi connectivity index (χ1) is 46.0. The highest BCUT2D eigenvalue weighted by atomic mass is 19.2. The number of carbonyl (C=O) groups excluding carboxylic acids is 4. The molecule has 4 atom stereocenters. The van der Waals surface area contributed by atoms with E-state index in [0.717, 1.165) is 48.5 Å². The number of halogens is 8. The number of fused-ring (bicyclic) bond motifs is 4. The van der Waals surface area contributed by atoms with Crippen LogP contribution in [0.4, 0.5) is 35.1 Å². The lowest BCUT2D eigenvalue weighted by Gasteiger charge is -2.26. The van der Waals surface area contributed by atoms with Gasteiger partial charge < -0.3 is 60.3 Å². The highest BCUT2D eigenvalue weighted by molar-refractivity contribution is 5.94. The van der Waals surface area contributed by atoms with Crippen molar-refractivity contribution in [1.29, 1.82) is 0 Å². The molecule has 512 valence electrons. The first kappa shape index (κ1) is 72.7. The van der Waals surface area contributed by atoms with E-state index in [2.05, 4.69) is 19.9 Å². The number of rotatable bonds is 14. The number of amides is 2. The third-order valence-corrected chi connectivity index (χ3v) is 15.5. The molecule has 8 aromatic rings. The highest BCUT2D eigenvalue weighted by Crippen LogP contribution is 2.41. The minimum absolute atomic E-state index is 0. The topological polar surface area (TPSA) is 308 Å². The van der Waals surface area contributed by atoms with E-state index < -0.39 is 94.7 Å². The van der Waals surface area contributed by atoms with Gasteiger partial charge >= 0.3 is 11.9 Å². The lowest BCUT2D eigenvalue weighted by molar-refractivity contribution is 0.0505. The molecule has 2 amide bonds.